The molecule has 0 N–H and O–H groups in total. The molecule has 0 atom stereocenters. The second-order valence-corrected chi connectivity index (χ2v) is 4.74. The Morgan fingerprint density at radius 3 is 2.16 bits per heavy atom. The Morgan fingerprint density at radius 1 is 1.05 bits per heavy atom. The van der Waals surface area contributed by atoms with Crippen molar-refractivity contribution in [3.63, 3.8) is 0 Å². The first-order valence-electron chi connectivity index (χ1n) is 5.26. The smallest absolute Gasteiger partial charge is 0.162 e. The van der Waals surface area contributed by atoms with Gasteiger partial charge in [-0.2, -0.15) is 0 Å². The van der Waals surface area contributed by atoms with Crippen molar-refractivity contribution in [3.05, 3.63) is 40.8 Å². The molecule has 0 radical (unpaired) electrons. The van der Waals surface area contributed by atoms with Crippen molar-refractivity contribution < 1.29 is 23.9 Å². The highest BCUT2D eigenvalue weighted by molar-refractivity contribution is 7.90. The number of benzene rings is 1. The Hall–Kier alpha value is -2.15. The maximum Gasteiger partial charge on any atom is 0.162 e. The standard InChI is InChI=1S/C12H13NO5S/c1-17-9-4-3-8(5-10(9)18-2)13-11(14)6-19(16)7-12(13)15/h3-7,14-15H,1-2H3/p-2. The van der Waals surface area contributed by atoms with E-state index in [1.54, 1.807) is 12.1 Å². The average molecular weight is 281 g/mol. The Balaban J connectivity index is 2.45. The Kier molecular flexibility index (Phi) is 3.66. The second kappa shape index (κ2) is 5.23. The minimum atomic E-state index is -1.65. The zero-order valence-electron chi connectivity index (χ0n) is 10.3. The van der Waals surface area contributed by atoms with Crippen LogP contribution in [0.15, 0.2) is 40.8 Å². The van der Waals surface area contributed by atoms with Crippen LogP contribution in [-0.2, 0) is 10.8 Å². The van der Waals surface area contributed by atoms with Crippen LogP contribution < -0.4 is 24.6 Å². The summed E-state index contributed by atoms with van der Waals surface area (Å²) in [5, 5.41) is 25.4. The average Bonchev–Trinajstić information content (AvgIpc) is 2.37. The lowest BCUT2D eigenvalue weighted by Crippen LogP contribution is -2.37. The fraction of sp³-hybridized carbons (Fsp3) is 0.167. The number of anilines is 1. The predicted octanol–water partition coefficient (Wildman–Crippen LogP) is -0.409. The largest absolute Gasteiger partial charge is 0.859 e. The van der Waals surface area contributed by atoms with Crippen molar-refractivity contribution in [2.75, 3.05) is 19.1 Å². The van der Waals surface area contributed by atoms with Crippen molar-refractivity contribution in [2.24, 2.45) is 0 Å². The summed E-state index contributed by atoms with van der Waals surface area (Å²) in [7, 11) is 1.28. The summed E-state index contributed by atoms with van der Waals surface area (Å²) in [4.78, 5) is 0.920. The number of methoxy groups -OCH3 is 2. The van der Waals surface area contributed by atoms with E-state index in [2.05, 4.69) is 0 Å². The van der Waals surface area contributed by atoms with E-state index in [9.17, 15) is 14.4 Å². The third kappa shape index (κ3) is 2.50. The predicted molar refractivity (Wildman–Crippen MR) is 66.3 cm³/mol. The Bertz CT molecular complexity index is 559. The summed E-state index contributed by atoms with van der Waals surface area (Å²) in [5.41, 5.74) is 0.330. The monoisotopic (exact) mass is 281 g/mol. The van der Waals surface area contributed by atoms with Crippen molar-refractivity contribution in [1.82, 2.24) is 0 Å². The fourth-order valence-electron chi connectivity index (χ4n) is 1.67. The molecule has 0 unspecified atom stereocenters. The van der Waals surface area contributed by atoms with E-state index >= 15 is 0 Å². The molecule has 102 valence electrons. The van der Waals surface area contributed by atoms with Crippen LogP contribution in [0.1, 0.15) is 0 Å². The van der Waals surface area contributed by atoms with Crippen molar-refractivity contribution in [1.29, 1.82) is 0 Å². The number of rotatable bonds is 3. The van der Waals surface area contributed by atoms with Crippen LogP contribution in [0.2, 0.25) is 0 Å². The van der Waals surface area contributed by atoms with Gasteiger partial charge in [0.05, 0.1) is 25.0 Å². The summed E-state index contributed by atoms with van der Waals surface area (Å²) in [6, 6.07) is 4.64. The van der Waals surface area contributed by atoms with Gasteiger partial charge in [-0.3, -0.25) is 4.21 Å². The van der Waals surface area contributed by atoms with Crippen LogP contribution in [0, 0.1) is 0 Å². The molecule has 0 amide bonds. The van der Waals surface area contributed by atoms with Gasteiger partial charge in [0.25, 0.3) is 0 Å². The third-order valence-corrected chi connectivity index (χ3v) is 3.37. The molecule has 2 rings (SSSR count). The van der Waals surface area contributed by atoms with Gasteiger partial charge in [-0.25, -0.2) is 0 Å². The van der Waals surface area contributed by atoms with E-state index in [0.717, 1.165) is 15.7 Å². The van der Waals surface area contributed by atoms with Crippen molar-refractivity contribution in [2.45, 2.75) is 0 Å². The number of hydrogen-bond donors (Lipinski definition) is 0. The maximum atomic E-state index is 11.7. The highest BCUT2D eigenvalue weighted by Crippen LogP contribution is 2.33. The summed E-state index contributed by atoms with van der Waals surface area (Å²) < 4.78 is 21.3. The van der Waals surface area contributed by atoms with E-state index in [1.165, 1.54) is 20.3 Å². The van der Waals surface area contributed by atoms with E-state index < -0.39 is 22.6 Å². The van der Waals surface area contributed by atoms with Gasteiger partial charge in [0, 0.05) is 22.6 Å². The molecule has 0 spiro atoms. The summed E-state index contributed by atoms with van der Waals surface area (Å²) in [6.07, 6.45) is 0. The molecule has 0 saturated carbocycles. The van der Waals surface area contributed by atoms with Gasteiger partial charge in [-0.15, -0.1) is 0 Å². The molecule has 0 aliphatic carbocycles. The van der Waals surface area contributed by atoms with E-state index in [0.29, 0.717) is 17.2 Å². The number of nitrogens with zero attached hydrogens (tertiary/aromatic N) is 1. The van der Waals surface area contributed by atoms with Crippen molar-refractivity contribution in [3.8, 4) is 11.5 Å². The summed E-state index contributed by atoms with van der Waals surface area (Å²) in [6.45, 7) is 0. The maximum absolute atomic E-state index is 11.7. The molecule has 7 heteroatoms. The minimum Gasteiger partial charge on any atom is -0.859 e. The molecular weight excluding hydrogens is 270 g/mol. The minimum absolute atomic E-state index is 0.330. The van der Waals surface area contributed by atoms with E-state index in [4.69, 9.17) is 9.47 Å². The molecule has 0 fully saturated rings. The van der Waals surface area contributed by atoms with Gasteiger partial charge >= 0.3 is 0 Å². The van der Waals surface area contributed by atoms with Gasteiger partial charge in [-0.05, 0) is 23.9 Å². The molecule has 0 bridgehead atoms. The topological polar surface area (TPSA) is 84.9 Å². The molecule has 0 aromatic heterocycles. The molecule has 1 heterocycles. The zero-order valence-corrected chi connectivity index (χ0v) is 11.1. The lowest BCUT2D eigenvalue weighted by Gasteiger charge is -2.38. The zero-order chi connectivity index (χ0) is 14.0. The van der Waals surface area contributed by atoms with Crippen LogP contribution in [0.25, 0.3) is 0 Å². The van der Waals surface area contributed by atoms with Gasteiger partial charge in [-0.1, -0.05) is 0 Å². The Labute approximate surface area is 112 Å². The van der Waals surface area contributed by atoms with Gasteiger partial charge < -0.3 is 24.6 Å². The first-order valence-corrected chi connectivity index (χ1v) is 6.53. The molecular formula is C12H11NO5S-2. The molecule has 0 saturated heterocycles. The van der Waals surface area contributed by atoms with Gasteiger partial charge in [0.1, 0.15) is 0 Å². The first-order chi connectivity index (χ1) is 9.06. The van der Waals surface area contributed by atoms with Crippen LogP contribution in [0.4, 0.5) is 5.69 Å². The molecule has 1 aliphatic rings. The fourth-order valence-corrected chi connectivity index (χ4v) is 2.34. The Morgan fingerprint density at radius 2 is 1.63 bits per heavy atom. The first kappa shape index (κ1) is 13.3. The second-order valence-electron chi connectivity index (χ2n) is 3.62. The molecule has 6 nitrogen and oxygen atoms in total. The van der Waals surface area contributed by atoms with Crippen molar-refractivity contribution >= 4 is 16.5 Å². The van der Waals surface area contributed by atoms with E-state index in [-0.39, 0.29) is 0 Å². The lowest BCUT2D eigenvalue weighted by molar-refractivity contribution is -0.331. The number of hydrogen-bond acceptors (Lipinski definition) is 6. The molecule has 19 heavy (non-hydrogen) atoms. The van der Waals surface area contributed by atoms with Crippen LogP contribution in [0.5, 0.6) is 11.5 Å². The van der Waals surface area contributed by atoms with Gasteiger partial charge in [0.15, 0.2) is 11.5 Å². The summed E-state index contributed by atoms with van der Waals surface area (Å²) >= 11 is 0. The van der Waals surface area contributed by atoms with Gasteiger partial charge in [0.2, 0.25) is 0 Å². The quantitative estimate of drug-likeness (QED) is 0.749. The van der Waals surface area contributed by atoms with Crippen LogP contribution >= 0.6 is 0 Å². The normalized spacial score (nSPS) is 15.8. The van der Waals surface area contributed by atoms with Crippen LogP contribution in [0.3, 0.4) is 0 Å². The summed E-state index contributed by atoms with van der Waals surface area (Å²) in [5.74, 6) is -0.372. The molecule has 1 aromatic carbocycles. The SMILES string of the molecule is COc1ccc(N2C([O-])=CS(=O)C=C2[O-])cc1OC. The molecule has 1 aromatic rings. The third-order valence-electron chi connectivity index (χ3n) is 2.50. The lowest BCUT2D eigenvalue weighted by atomic mass is 10.2. The van der Waals surface area contributed by atoms with E-state index in [1.807, 2.05) is 0 Å². The van der Waals surface area contributed by atoms with Crippen LogP contribution in [-0.4, -0.2) is 18.4 Å². The number of ether oxygens (including phenoxy) is 2. The molecule has 1 aliphatic heterocycles. The highest BCUT2D eigenvalue weighted by atomic mass is 32.2. The highest BCUT2D eigenvalue weighted by Gasteiger charge is 2.13.